The van der Waals surface area contributed by atoms with Gasteiger partial charge < -0.3 is 4.84 Å². The molecule has 140 valence electrons. The van der Waals surface area contributed by atoms with Crippen molar-refractivity contribution in [2.45, 2.75) is 48.8 Å². The van der Waals surface area contributed by atoms with Crippen LogP contribution in [0.4, 0.5) is 0 Å². The standard InChI is InChI=1S/C22H23NO3S/c1-16(24)26-23-21(17-8-4-2-5-9-17)22(25)18-12-14-20(15-13-18)27-19-10-6-3-7-11-19/h3,6-7,10-15,23H,2,4-5,8-9H2,1H3. The second-order valence-corrected chi connectivity index (χ2v) is 7.65. The number of ketones is 1. The van der Waals surface area contributed by atoms with Crippen molar-refractivity contribution in [1.29, 1.82) is 0 Å². The Labute approximate surface area is 164 Å². The molecule has 1 saturated carbocycles. The lowest BCUT2D eigenvalue weighted by atomic mass is 9.91. The molecule has 0 saturated heterocycles. The van der Waals surface area contributed by atoms with Crippen molar-refractivity contribution in [3.63, 3.8) is 0 Å². The minimum Gasteiger partial charge on any atom is -0.344 e. The van der Waals surface area contributed by atoms with E-state index in [0.29, 0.717) is 11.3 Å². The lowest BCUT2D eigenvalue weighted by Gasteiger charge is -2.19. The molecule has 2 aromatic carbocycles. The van der Waals surface area contributed by atoms with Gasteiger partial charge in [-0.3, -0.25) is 9.59 Å². The van der Waals surface area contributed by atoms with Gasteiger partial charge in [-0.1, -0.05) is 36.4 Å². The van der Waals surface area contributed by atoms with Gasteiger partial charge in [0.2, 0.25) is 5.78 Å². The highest BCUT2D eigenvalue weighted by atomic mass is 32.2. The van der Waals surface area contributed by atoms with Gasteiger partial charge in [-0.05, 0) is 67.7 Å². The summed E-state index contributed by atoms with van der Waals surface area (Å²) in [5.74, 6) is -0.601. The summed E-state index contributed by atoms with van der Waals surface area (Å²) in [7, 11) is 0. The smallest absolute Gasteiger partial charge is 0.329 e. The third-order valence-corrected chi connectivity index (χ3v) is 5.45. The van der Waals surface area contributed by atoms with Crippen LogP contribution in [0.3, 0.4) is 0 Å². The van der Waals surface area contributed by atoms with E-state index in [2.05, 4.69) is 17.6 Å². The van der Waals surface area contributed by atoms with Crippen molar-refractivity contribution in [2.75, 3.05) is 0 Å². The molecule has 0 atom stereocenters. The predicted molar refractivity (Wildman–Crippen MR) is 106 cm³/mol. The summed E-state index contributed by atoms with van der Waals surface area (Å²) in [5.41, 5.74) is 4.65. The van der Waals surface area contributed by atoms with Crippen LogP contribution in [-0.4, -0.2) is 11.8 Å². The number of hydrogen-bond donors (Lipinski definition) is 1. The second-order valence-electron chi connectivity index (χ2n) is 6.50. The van der Waals surface area contributed by atoms with Crippen LogP contribution in [0.1, 0.15) is 49.4 Å². The Morgan fingerprint density at radius 1 is 0.889 bits per heavy atom. The van der Waals surface area contributed by atoms with E-state index in [9.17, 15) is 9.59 Å². The van der Waals surface area contributed by atoms with Crippen LogP contribution in [0.5, 0.6) is 0 Å². The molecule has 1 N–H and O–H groups in total. The molecule has 0 aromatic heterocycles. The fourth-order valence-corrected chi connectivity index (χ4v) is 3.91. The number of rotatable bonds is 6. The first kappa shape index (κ1) is 19.2. The minimum atomic E-state index is -0.466. The molecule has 3 rings (SSSR count). The van der Waals surface area contributed by atoms with Crippen LogP contribution in [0, 0.1) is 0 Å². The molecule has 0 radical (unpaired) electrons. The van der Waals surface area contributed by atoms with E-state index in [1.165, 1.54) is 13.3 Å². The molecule has 1 fully saturated rings. The Balaban J connectivity index is 1.77. The largest absolute Gasteiger partial charge is 0.344 e. The molecule has 4 nitrogen and oxygen atoms in total. The summed E-state index contributed by atoms with van der Waals surface area (Å²) in [5, 5.41) is 0. The van der Waals surface area contributed by atoms with Gasteiger partial charge in [-0.15, -0.1) is 0 Å². The SMILES string of the molecule is CC(=O)ONC(C(=O)c1ccc(Sc2ccccc2)cc1)=C1CCCCC1. The van der Waals surface area contributed by atoms with E-state index in [1.807, 2.05) is 42.5 Å². The van der Waals surface area contributed by atoms with E-state index in [0.717, 1.165) is 41.0 Å². The normalized spacial score (nSPS) is 13.7. The van der Waals surface area contributed by atoms with E-state index in [1.54, 1.807) is 11.8 Å². The third-order valence-electron chi connectivity index (χ3n) is 4.43. The molecule has 0 unspecified atom stereocenters. The van der Waals surface area contributed by atoms with Crippen molar-refractivity contribution < 1.29 is 14.4 Å². The molecule has 0 bridgehead atoms. The average molecular weight is 381 g/mol. The Morgan fingerprint density at radius 3 is 2.15 bits per heavy atom. The second kappa shape index (κ2) is 9.42. The highest BCUT2D eigenvalue weighted by molar-refractivity contribution is 7.99. The van der Waals surface area contributed by atoms with Gasteiger partial charge in [0.05, 0.1) is 0 Å². The number of benzene rings is 2. The number of Topliss-reactive ketones (excluding diaryl/α,β-unsaturated/α-hetero) is 1. The van der Waals surface area contributed by atoms with E-state index in [4.69, 9.17) is 4.84 Å². The highest BCUT2D eigenvalue weighted by Crippen LogP contribution is 2.29. The Bertz CT molecular complexity index is 820. The van der Waals surface area contributed by atoms with Crippen LogP contribution in [0.25, 0.3) is 0 Å². The summed E-state index contributed by atoms with van der Waals surface area (Å²) in [6.07, 6.45) is 5.00. The molecule has 2 aromatic rings. The number of carbonyl (C=O) groups excluding carboxylic acids is 2. The molecule has 0 spiro atoms. The fraction of sp³-hybridized carbons (Fsp3) is 0.273. The third kappa shape index (κ3) is 5.47. The number of allylic oxidation sites excluding steroid dienone is 2. The monoisotopic (exact) mass is 381 g/mol. The van der Waals surface area contributed by atoms with Gasteiger partial charge >= 0.3 is 5.97 Å². The molecule has 0 aliphatic heterocycles. The molecule has 27 heavy (non-hydrogen) atoms. The van der Waals surface area contributed by atoms with Gasteiger partial charge in [-0.2, -0.15) is 0 Å². The first-order chi connectivity index (χ1) is 13.1. The molecular weight excluding hydrogens is 358 g/mol. The van der Waals surface area contributed by atoms with Crippen LogP contribution in [0.15, 0.2) is 75.7 Å². The number of hydrogen-bond acceptors (Lipinski definition) is 5. The molecule has 1 aliphatic carbocycles. The van der Waals surface area contributed by atoms with E-state index < -0.39 is 5.97 Å². The summed E-state index contributed by atoms with van der Waals surface area (Å²) in [6, 6.07) is 17.6. The lowest BCUT2D eigenvalue weighted by Crippen LogP contribution is -2.25. The predicted octanol–water partition coefficient (Wildman–Crippen LogP) is 5.31. The van der Waals surface area contributed by atoms with Crippen LogP contribution in [0.2, 0.25) is 0 Å². The van der Waals surface area contributed by atoms with E-state index >= 15 is 0 Å². The molecule has 0 heterocycles. The van der Waals surface area contributed by atoms with Crippen LogP contribution >= 0.6 is 11.8 Å². The number of hydroxylamine groups is 1. The first-order valence-corrected chi connectivity index (χ1v) is 9.98. The summed E-state index contributed by atoms with van der Waals surface area (Å²) in [6.45, 7) is 1.32. The average Bonchev–Trinajstić information content (AvgIpc) is 2.70. The minimum absolute atomic E-state index is 0.135. The van der Waals surface area contributed by atoms with Gasteiger partial charge in [0.25, 0.3) is 0 Å². The zero-order valence-electron chi connectivity index (χ0n) is 15.4. The maximum Gasteiger partial charge on any atom is 0.329 e. The molecule has 5 heteroatoms. The van der Waals surface area contributed by atoms with Crippen molar-refractivity contribution >= 4 is 23.5 Å². The topological polar surface area (TPSA) is 55.4 Å². The lowest BCUT2D eigenvalue weighted by molar-refractivity contribution is -0.146. The Morgan fingerprint density at radius 2 is 1.52 bits per heavy atom. The zero-order valence-corrected chi connectivity index (χ0v) is 16.2. The summed E-state index contributed by atoms with van der Waals surface area (Å²) >= 11 is 1.65. The van der Waals surface area contributed by atoms with Crippen molar-refractivity contribution in [3.05, 3.63) is 71.4 Å². The van der Waals surface area contributed by atoms with Gasteiger partial charge in [0.15, 0.2) is 0 Å². The summed E-state index contributed by atoms with van der Waals surface area (Å²) < 4.78 is 0. The van der Waals surface area contributed by atoms with Gasteiger partial charge in [0.1, 0.15) is 5.70 Å². The summed E-state index contributed by atoms with van der Waals surface area (Å²) in [4.78, 5) is 31.3. The zero-order chi connectivity index (χ0) is 19.1. The maximum absolute atomic E-state index is 13.0. The fourth-order valence-electron chi connectivity index (χ4n) is 3.07. The van der Waals surface area contributed by atoms with Crippen LogP contribution < -0.4 is 5.48 Å². The van der Waals surface area contributed by atoms with Crippen molar-refractivity contribution in [3.8, 4) is 0 Å². The highest BCUT2D eigenvalue weighted by Gasteiger charge is 2.20. The van der Waals surface area contributed by atoms with E-state index in [-0.39, 0.29) is 5.78 Å². The van der Waals surface area contributed by atoms with Crippen molar-refractivity contribution in [2.24, 2.45) is 0 Å². The van der Waals surface area contributed by atoms with Crippen molar-refractivity contribution in [1.82, 2.24) is 5.48 Å². The number of nitrogens with one attached hydrogen (secondary N) is 1. The van der Waals surface area contributed by atoms with Crippen LogP contribution in [-0.2, 0) is 9.63 Å². The molecule has 1 aliphatic rings. The molecule has 0 amide bonds. The Kier molecular flexibility index (Phi) is 6.71. The number of carbonyl (C=O) groups is 2. The maximum atomic E-state index is 13.0. The molecular formula is C22H23NO3S. The van der Waals surface area contributed by atoms with Gasteiger partial charge in [0, 0.05) is 22.3 Å². The quantitative estimate of drug-likeness (QED) is 0.418. The Hall–Kier alpha value is -2.53. The first-order valence-electron chi connectivity index (χ1n) is 9.16. The van der Waals surface area contributed by atoms with Gasteiger partial charge in [-0.25, -0.2) is 5.48 Å².